The molecule has 2 aliphatic heterocycles. The molecule has 5 aromatic rings. The minimum Gasteiger partial charge on any atom is -0.378 e. The lowest BCUT2D eigenvalue weighted by atomic mass is 10.2. The van der Waals surface area contributed by atoms with Crippen molar-refractivity contribution in [3.63, 3.8) is 0 Å². The number of rotatable bonds is 8. The number of aromatic nitrogens is 6. The number of anilines is 5. The summed E-state index contributed by atoms with van der Waals surface area (Å²) in [5.74, 6) is 1.84. The van der Waals surface area contributed by atoms with E-state index in [1.54, 1.807) is 6.33 Å². The minimum absolute atomic E-state index is 0.205. The molecule has 0 unspecified atom stereocenters. The minimum atomic E-state index is 0.205. The third-order valence-corrected chi connectivity index (χ3v) is 7.76. The van der Waals surface area contributed by atoms with E-state index in [4.69, 9.17) is 19.7 Å². The van der Waals surface area contributed by atoms with Gasteiger partial charge in [-0.3, -0.25) is 10.1 Å². The van der Waals surface area contributed by atoms with Crippen molar-refractivity contribution >= 4 is 57.2 Å². The zero-order valence-electron chi connectivity index (χ0n) is 23.0. The number of nitrogens with zero attached hydrogens (tertiary/aromatic N) is 8. The Morgan fingerprint density at radius 3 is 2.54 bits per heavy atom. The molecule has 2 fully saturated rings. The van der Waals surface area contributed by atoms with Gasteiger partial charge in [0, 0.05) is 57.6 Å². The molecule has 1 amide bonds. The average molecular weight is 553 g/mol. The van der Waals surface area contributed by atoms with E-state index in [0.717, 1.165) is 61.7 Å². The lowest BCUT2D eigenvalue weighted by Gasteiger charge is -2.28. The molecule has 2 aliphatic rings. The summed E-state index contributed by atoms with van der Waals surface area (Å²) < 4.78 is 9.45. The number of ether oxygens (including phenoxy) is 1. The van der Waals surface area contributed by atoms with E-state index < -0.39 is 0 Å². The van der Waals surface area contributed by atoms with Crippen molar-refractivity contribution in [2.75, 3.05) is 54.9 Å². The Kier molecular flexibility index (Phi) is 6.59. The molecule has 0 aliphatic carbocycles. The maximum absolute atomic E-state index is 12.2. The highest BCUT2D eigenvalue weighted by molar-refractivity contribution is 5.87. The number of amides is 1. The Labute approximate surface area is 237 Å². The molecule has 7 rings (SSSR count). The van der Waals surface area contributed by atoms with E-state index in [0.29, 0.717) is 48.4 Å². The molecule has 0 radical (unpaired) electrons. The molecule has 2 aromatic carbocycles. The van der Waals surface area contributed by atoms with Gasteiger partial charge in [0.05, 0.1) is 30.6 Å². The van der Waals surface area contributed by atoms with Crippen molar-refractivity contribution in [1.82, 2.24) is 34.0 Å². The van der Waals surface area contributed by atoms with Crippen molar-refractivity contribution in [3.8, 4) is 0 Å². The fourth-order valence-electron chi connectivity index (χ4n) is 5.49. The Morgan fingerprint density at radius 1 is 0.927 bits per heavy atom. The largest absolute Gasteiger partial charge is 0.378 e. The van der Waals surface area contributed by atoms with E-state index >= 15 is 0 Å². The second-order valence-corrected chi connectivity index (χ2v) is 10.4. The van der Waals surface area contributed by atoms with Gasteiger partial charge < -0.3 is 29.0 Å². The van der Waals surface area contributed by atoms with Crippen molar-refractivity contribution in [2.45, 2.75) is 19.4 Å². The lowest BCUT2D eigenvalue weighted by molar-refractivity contribution is -0.127. The van der Waals surface area contributed by atoms with Crippen LogP contribution in [0.5, 0.6) is 0 Å². The van der Waals surface area contributed by atoms with Gasteiger partial charge in [0.15, 0.2) is 17.0 Å². The highest BCUT2D eigenvalue weighted by atomic mass is 16.5. The highest BCUT2D eigenvalue weighted by Crippen LogP contribution is 2.28. The molecule has 12 heteroatoms. The first-order chi connectivity index (χ1) is 20.1. The molecule has 210 valence electrons. The van der Waals surface area contributed by atoms with Crippen LogP contribution >= 0.6 is 0 Å². The van der Waals surface area contributed by atoms with Crippen LogP contribution in [-0.4, -0.2) is 79.3 Å². The smallest absolute Gasteiger partial charge is 0.233 e. The van der Waals surface area contributed by atoms with Crippen molar-refractivity contribution in [2.24, 2.45) is 7.05 Å². The van der Waals surface area contributed by atoms with Crippen LogP contribution in [0, 0.1) is 0 Å². The lowest BCUT2D eigenvalue weighted by Crippen LogP contribution is -2.36. The molecular weight excluding hydrogens is 520 g/mol. The summed E-state index contributed by atoms with van der Waals surface area (Å²) in [4.78, 5) is 35.5. The van der Waals surface area contributed by atoms with E-state index in [1.807, 2.05) is 57.5 Å². The summed E-state index contributed by atoms with van der Waals surface area (Å²) in [7, 11) is 1.96. The van der Waals surface area contributed by atoms with Gasteiger partial charge in [0.1, 0.15) is 0 Å². The molecule has 5 heterocycles. The number of para-hydroxylation sites is 2. The molecule has 2 saturated heterocycles. The third-order valence-electron chi connectivity index (χ3n) is 7.76. The third kappa shape index (κ3) is 5.02. The molecule has 0 spiro atoms. The molecule has 41 heavy (non-hydrogen) atoms. The molecule has 0 saturated carbocycles. The normalized spacial score (nSPS) is 15.8. The Hall–Kier alpha value is -4.71. The molecule has 2 N–H and O–H groups in total. The van der Waals surface area contributed by atoms with Gasteiger partial charge in [0.2, 0.25) is 17.8 Å². The van der Waals surface area contributed by atoms with Crippen LogP contribution in [0.1, 0.15) is 12.8 Å². The molecule has 12 nitrogen and oxygen atoms in total. The monoisotopic (exact) mass is 552 g/mol. The molecular formula is C29H32N10O2. The highest BCUT2D eigenvalue weighted by Gasteiger charge is 2.21. The first-order valence-corrected chi connectivity index (χ1v) is 14.0. The van der Waals surface area contributed by atoms with Gasteiger partial charge >= 0.3 is 0 Å². The zero-order chi connectivity index (χ0) is 27.8. The van der Waals surface area contributed by atoms with Crippen LogP contribution in [0.2, 0.25) is 0 Å². The zero-order valence-corrected chi connectivity index (χ0v) is 23.0. The number of benzene rings is 2. The van der Waals surface area contributed by atoms with Gasteiger partial charge in [-0.05, 0) is 42.8 Å². The van der Waals surface area contributed by atoms with Gasteiger partial charge in [-0.15, -0.1) is 0 Å². The summed E-state index contributed by atoms with van der Waals surface area (Å²) in [6.45, 7) is 5.27. The van der Waals surface area contributed by atoms with E-state index in [-0.39, 0.29) is 5.91 Å². The summed E-state index contributed by atoms with van der Waals surface area (Å²) >= 11 is 0. The molecule has 0 bridgehead atoms. The summed E-state index contributed by atoms with van der Waals surface area (Å²) in [6.07, 6.45) is 3.30. The van der Waals surface area contributed by atoms with Crippen LogP contribution in [0.25, 0.3) is 22.2 Å². The topological polar surface area (TPSA) is 118 Å². The van der Waals surface area contributed by atoms with Crippen molar-refractivity contribution < 1.29 is 9.53 Å². The predicted octanol–water partition coefficient (Wildman–Crippen LogP) is 3.66. The maximum atomic E-state index is 12.2. The standard InChI is InChI=1S/C29H32N10O2/c1-36-23-6-3-2-5-22(23)32-29(36)35-28-33-26(31-20-8-10-21(11-9-20)37-15-17-41-18-16-37)25-27(34-28)39(19-30-25)14-13-38-12-4-7-24(38)40/h2-3,5-6,8-11,19H,4,7,12-18H2,1H3,(H2,31,32,33,34,35). The number of morpholine rings is 1. The van der Waals surface area contributed by atoms with Crippen LogP contribution < -0.4 is 15.5 Å². The quantitative estimate of drug-likeness (QED) is 0.297. The second-order valence-electron chi connectivity index (χ2n) is 10.4. The van der Waals surface area contributed by atoms with Crippen molar-refractivity contribution in [3.05, 3.63) is 54.9 Å². The van der Waals surface area contributed by atoms with Gasteiger partial charge in [-0.2, -0.15) is 9.97 Å². The number of fused-ring (bicyclic) bond motifs is 2. The Morgan fingerprint density at radius 2 is 1.76 bits per heavy atom. The van der Waals surface area contributed by atoms with Gasteiger partial charge in [-0.25, -0.2) is 9.97 Å². The average Bonchev–Trinajstić information content (AvgIpc) is 3.70. The van der Waals surface area contributed by atoms with Gasteiger partial charge in [0.25, 0.3) is 0 Å². The number of hydrogen-bond donors (Lipinski definition) is 2. The summed E-state index contributed by atoms with van der Waals surface area (Å²) in [6, 6.07) is 16.3. The Balaban J connectivity index is 1.21. The van der Waals surface area contributed by atoms with Gasteiger partial charge in [-0.1, -0.05) is 12.1 Å². The number of hydrogen-bond acceptors (Lipinski definition) is 9. The number of likely N-dealkylation sites (tertiary alicyclic amines) is 1. The first-order valence-electron chi connectivity index (χ1n) is 14.0. The van der Waals surface area contributed by atoms with Crippen LogP contribution in [-0.2, 0) is 23.1 Å². The number of carbonyl (C=O) groups excluding carboxylic acids is 1. The number of aryl methyl sites for hydroxylation is 1. The van der Waals surface area contributed by atoms with Crippen LogP contribution in [0.4, 0.5) is 29.1 Å². The number of carbonyl (C=O) groups is 1. The van der Waals surface area contributed by atoms with Crippen LogP contribution in [0.15, 0.2) is 54.9 Å². The summed E-state index contributed by atoms with van der Waals surface area (Å²) in [5, 5.41) is 6.78. The number of nitrogens with one attached hydrogen (secondary N) is 2. The maximum Gasteiger partial charge on any atom is 0.233 e. The van der Waals surface area contributed by atoms with E-state index in [1.165, 1.54) is 0 Å². The van der Waals surface area contributed by atoms with Crippen LogP contribution in [0.3, 0.4) is 0 Å². The number of imidazole rings is 2. The Bertz CT molecular complexity index is 1700. The van der Waals surface area contributed by atoms with E-state index in [9.17, 15) is 4.79 Å². The fraction of sp³-hybridized carbons (Fsp3) is 0.345. The second kappa shape index (κ2) is 10.7. The molecule has 3 aromatic heterocycles. The SMILES string of the molecule is Cn1c(Nc2nc(Nc3ccc(N4CCOCC4)cc3)c3ncn(CCN4CCCC4=O)c3n2)nc2ccccc21. The first kappa shape index (κ1) is 25.3. The van der Waals surface area contributed by atoms with E-state index in [2.05, 4.69) is 32.7 Å². The molecule has 0 atom stereocenters. The predicted molar refractivity (Wildman–Crippen MR) is 158 cm³/mol. The van der Waals surface area contributed by atoms with Crippen molar-refractivity contribution in [1.29, 1.82) is 0 Å². The summed E-state index contributed by atoms with van der Waals surface area (Å²) in [5.41, 5.74) is 5.29. The fourth-order valence-corrected chi connectivity index (χ4v) is 5.49.